The number of benzene rings is 3. The Morgan fingerprint density at radius 3 is 2.28 bits per heavy atom. The lowest BCUT2D eigenvalue weighted by Gasteiger charge is -2.14. The zero-order chi connectivity index (χ0) is 20.4. The minimum Gasteiger partial charge on any atom is -0.447 e. The molecule has 0 aliphatic carbocycles. The number of amides is 1. The normalized spacial score (nSPS) is 14.0. The Morgan fingerprint density at radius 2 is 1.66 bits per heavy atom. The summed E-state index contributed by atoms with van der Waals surface area (Å²) in [6, 6.07) is 20.3. The Kier molecular flexibility index (Phi) is 5.17. The number of hydrogen-bond donors (Lipinski definition) is 0. The van der Waals surface area contributed by atoms with Gasteiger partial charge in [0, 0.05) is 5.69 Å². The van der Waals surface area contributed by atoms with Crippen LogP contribution in [-0.4, -0.2) is 27.7 Å². The molecule has 0 aromatic heterocycles. The van der Waals surface area contributed by atoms with Crippen LogP contribution in [0, 0.1) is 0 Å². The maximum Gasteiger partial charge on any atom is 0.414 e. The van der Waals surface area contributed by atoms with Crippen LogP contribution in [-0.2, 0) is 14.9 Å². The molecule has 0 unspecified atom stereocenters. The number of hydrogen-bond acceptors (Lipinski definition) is 5. The molecule has 0 saturated carbocycles. The molecule has 0 bridgehead atoms. The third-order valence-electron chi connectivity index (χ3n) is 4.44. The summed E-state index contributed by atoms with van der Waals surface area (Å²) in [5.41, 5.74) is 2.36. The van der Waals surface area contributed by atoms with E-state index in [4.69, 9.17) is 20.5 Å². The molecule has 0 spiro atoms. The highest BCUT2D eigenvalue weighted by Crippen LogP contribution is 2.32. The number of halogens is 1. The van der Waals surface area contributed by atoms with E-state index < -0.39 is 16.2 Å². The van der Waals surface area contributed by atoms with Crippen molar-refractivity contribution in [2.24, 2.45) is 0 Å². The Balaban J connectivity index is 1.55. The standard InChI is InChI=1S/C21H16ClNO5S/c22-19-14-16(15-4-2-1-3-5-15)6-11-20(19)28-29(25,26)18-9-7-17(8-10-18)23-12-13-27-21(23)24/h1-11,14H,12-13H2. The van der Waals surface area contributed by atoms with Crippen molar-refractivity contribution >= 4 is 33.5 Å². The van der Waals surface area contributed by atoms with Crippen LogP contribution in [0.4, 0.5) is 10.5 Å². The molecule has 1 amide bonds. The Bertz CT molecular complexity index is 1150. The Hall–Kier alpha value is -3.03. The number of nitrogens with zero attached hydrogens (tertiary/aromatic N) is 1. The largest absolute Gasteiger partial charge is 0.447 e. The molecule has 0 N–H and O–H groups in total. The molecule has 8 heteroatoms. The minimum atomic E-state index is -4.09. The summed E-state index contributed by atoms with van der Waals surface area (Å²) >= 11 is 6.25. The maximum absolute atomic E-state index is 12.6. The zero-order valence-corrected chi connectivity index (χ0v) is 16.7. The second kappa shape index (κ2) is 7.77. The highest BCUT2D eigenvalue weighted by Gasteiger charge is 2.25. The van der Waals surface area contributed by atoms with Crippen LogP contribution in [0.1, 0.15) is 0 Å². The Morgan fingerprint density at radius 1 is 0.931 bits per heavy atom. The number of carbonyl (C=O) groups excluding carboxylic acids is 1. The Labute approximate surface area is 173 Å². The van der Waals surface area contributed by atoms with Crippen LogP contribution >= 0.6 is 11.6 Å². The molecule has 3 aromatic rings. The SMILES string of the molecule is O=C1OCCN1c1ccc(S(=O)(=O)Oc2ccc(-c3ccccc3)cc2Cl)cc1. The topological polar surface area (TPSA) is 72.9 Å². The first-order valence-corrected chi connectivity index (χ1v) is 10.6. The van der Waals surface area contributed by atoms with E-state index in [1.165, 1.54) is 35.2 Å². The molecule has 3 aromatic carbocycles. The molecule has 4 rings (SSSR count). The number of ether oxygens (including phenoxy) is 1. The van der Waals surface area contributed by atoms with Gasteiger partial charge in [0.2, 0.25) is 0 Å². The molecule has 1 aliphatic rings. The lowest BCUT2D eigenvalue weighted by atomic mass is 10.1. The summed E-state index contributed by atoms with van der Waals surface area (Å²) in [5, 5.41) is 0.186. The molecule has 1 heterocycles. The van der Waals surface area contributed by atoms with Gasteiger partial charge in [-0.25, -0.2) is 4.79 Å². The summed E-state index contributed by atoms with van der Waals surface area (Å²) in [6.07, 6.45) is -0.456. The number of cyclic esters (lactones) is 1. The third-order valence-corrected chi connectivity index (χ3v) is 5.98. The van der Waals surface area contributed by atoms with Gasteiger partial charge in [-0.1, -0.05) is 48.0 Å². The lowest BCUT2D eigenvalue weighted by Crippen LogP contribution is -2.23. The molecule has 148 valence electrons. The van der Waals surface area contributed by atoms with E-state index in [0.717, 1.165) is 11.1 Å². The maximum atomic E-state index is 12.6. The van der Waals surface area contributed by atoms with E-state index in [9.17, 15) is 13.2 Å². The van der Waals surface area contributed by atoms with Crippen molar-refractivity contribution in [3.8, 4) is 16.9 Å². The lowest BCUT2D eigenvalue weighted by molar-refractivity contribution is 0.181. The van der Waals surface area contributed by atoms with Gasteiger partial charge < -0.3 is 8.92 Å². The molecular weight excluding hydrogens is 414 g/mol. The molecule has 1 aliphatic heterocycles. The van der Waals surface area contributed by atoms with Gasteiger partial charge in [0.1, 0.15) is 11.5 Å². The van der Waals surface area contributed by atoms with E-state index in [1.54, 1.807) is 12.1 Å². The minimum absolute atomic E-state index is 0.0403. The number of rotatable bonds is 5. The molecule has 1 fully saturated rings. The van der Waals surface area contributed by atoms with Gasteiger partial charge in [-0.2, -0.15) is 8.42 Å². The summed E-state index contributed by atoms with van der Waals surface area (Å²) in [4.78, 5) is 13.0. The van der Waals surface area contributed by atoms with E-state index in [2.05, 4.69) is 0 Å². The van der Waals surface area contributed by atoms with E-state index in [1.807, 2.05) is 30.3 Å². The summed E-state index contributed by atoms with van der Waals surface area (Å²) in [5.74, 6) is 0.0403. The second-order valence-electron chi connectivity index (χ2n) is 6.31. The van der Waals surface area contributed by atoms with Crippen LogP contribution in [0.2, 0.25) is 5.02 Å². The van der Waals surface area contributed by atoms with Crippen LogP contribution in [0.3, 0.4) is 0 Å². The van der Waals surface area contributed by atoms with Crippen molar-refractivity contribution < 1.29 is 22.1 Å². The smallest absolute Gasteiger partial charge is 0.414 e. The van der Waals surface area contributed by atoms with Crippen LogP contribution in [0.25, 0.3) is 11.1 Å². The first-order chi connectivity index (χ1) is 13.9. The van der Waals surface area contributed by atoms with Crippen LogP contribution in [0.5, 0.6) is 5.75 Å². The van der Waals surface area contributed by atoms with Gasteiger partial charge in [-0.3, -0.25) is 4.90 Å². The van der Waals surface area contributed by atoms with Gasteiger partial charge >= 0.3 is 16.2 Å². The monoisotopic (exact) mass is 429 g/mol. The van der Waals surface area contributed by atoms with Crippen molar-refractivity contribution in [1.82, 2.24) is 0 Å². The fraction of sp³-hybridized carbons (Fsp3) is 0.0952. The van der Waals surface area contributed by atoms with Gasteiger partial charge in [-0.05, 0) is 47.5 Å². The molecule has 29 heavy (non-hydrogen) atoms. The van der Waals surface area contributed by atoms with Gasteiger partial charge in [0.15, 0.2) is 5.75 Å². The number of anilines is 1. The van der Waals surface area contributed by atoms with Crippen molar-refractivity contribution in [2.75, 3.05) is 18.1 Å². The highest BCUT2D eigenvalue weighted by molar-refractivity contribution is 7.87. The molecule has 0 atom stereocenters. The van der Waals surface area contributed by atoms with Crippen LogP contribution in [0.15, 0.2) is 77.7 Å². The summed E-state index contributed by atoms with van der Waals surface area (Å²) < 4.78 is 35.4. The number of carbonyl (C=O) groups is 1. The fourth-order valence-corrected chi connectivity index (χ4v) is 4.18. The second-order valence-corrected chi connectivity index (χ2v) is 8.26. The fourth-order valence-electron chi connectivity index (χ4n) is 2.97. The van der Waals surface area contributed by atoms with Crippen molar-refractivity contribution in [1.29, 1.82) is 0 Å². The summed E-state index contributed by atoms with van der Waals surface area (Å²) in [7, 11) is -4.09. The zero-order valence-electron chi connectivity index (χ0n) is 15.1. The van der Waals surface area contributed by atoms with E-state index in [0.29, 0.717) is 18.8 Å². The van der Waals surface area contributed by atoms with Gasteiger partial charge in [0.05, 0.1) is 11.6 Å². The van der Waals surface area contributed by atoms with E-state index >= 15 is 0 Å². The molecule has 6 nitrogen and oxygen atoms in total. The highest BCUT2D eigenvalue weighted by atomic mass is 35.5. The first kappa shape index (κ1) is 19.3. The van der Waals surface area contributed by atoms with Gasteiger partial charge in [0.25, 0.3) is 0 Å². The quantitative estimate of drug-likeness (QED) is 0.548. The van der Waals surface area contributed by atoms with Gasteiger partial charge in [-0.15, -0.1) is 0 Å². The molecule has 0 radical (unpaired) electrons. The van der Waals surface area contributed by atoms with Crippen molar-refractivity contribution in [3.05, 3.63) is 77.8 Å². The van der Waals surface area contributed by atoms with Crippen molar-refractivity contribution in [3.63, 3.8) is 0 Å². The average molecular weight is 430 g/mol. The molecule has 1 saturated heterocycles. The average Bonchev–Trinajstić information content (AvgIpc) is 3.16. The molecular formula is C21H16ClNO5S. The predicted molar refractivity (Wildman–Crippen MR) is 110 cm³/mol. The predicted octanol–water partition coefficient (Wildman–Crippen LogP) is 4.73. The third kappa shape index (κ3) is 4.06. The van der Waals surface area contributed by atoms with E-state index in [-0.39, 0.29) is 15.7 Å². The van der Waals surface area contributed by atoms with Crippen molar-refractivity contribution in [2.45, 2.75) is 4.90 Å². The summed E-state index contributed by atoms with van der Waals surface area (Å²) in [6.45, 7) is 0.726. The first-order valence-electron chi connectivity index (χ1n) is 8.78. The van der Waals surface area contributed by atoms with Crippen LogP contribution < -0.4 is 9.08 Å².